The third-order valence-corrected chi connectivity index (χ3v) is 2.45. The predicted molar refractivity (Wildman–Crippen MR) is 56.1 cm³/mol. The van der Waals surface area contributed by atoms with Gasteiger partial charge in [-0.15, -0.1) is 0 Å². The summed E-state index contributed by atoms with van der Waals surface area (Å²) in [7, 11) is 0. The second-order valence-electron chi connectivity index (χ2n) is 2.47. The zero-order valence-corrected chi connectivity index (χ0v) is 9.02. The highest BCUT2D eigenvalue weighted by atomic mass is 127. The number of halogens is 1. The van der Waals surface area contributed by atoms with E-state index >= 15 is 0 Å². The van der Waals surface area contributed by atoms with Crippen molar-refractivity contribution in [1.29, 1.82) is 0 Å². The van der Waals surface area contributed by atoms with Crippen molar-refractivity contribution in [3.8, 4) is 5.75 Å². The average Bonchev–Trinajstić information content (AvgIpc) is 2.04. The molecule has 1 N–H and O–H groups in total. The molecule has 0 fully saturated rings. The second kappa shape index (κ2) is 4.45. The summed E-state index contributed by atoms with van der Waals surface area (Å²) in [6.07, 6.45) is 5.70. The van der Waals surface area contributed by atoms with Crippen LogP contribution in [0.1, 0.15) is 6.92 Å². The molecule has 0 saturated heterocycles. The van der Waals surface area contributed by atoms with Crippen molar-refractivity contribution >= 4 is 22.6 Å². The summed E-state index contributed by atoms with van der Waals surface area (Å²) < 4.78 is 3.19. The number of pyridine rings is 1. The van der Waals surface area contributed by atoms with Crippen LogP contribution in [-0.2, 0) is 6.54 Å². The molecule has 12 heavy (non-hydrogen) atoms. The van der Waals surface area contributed by atoms with Crippen molar-refractivity contribution < 1.29 is 9.67 Å². The molecule has 1 aromatic heterocycles. The van der Waals surface area contributed by atoms with Crippen LogP contribution in [0.4, 0.5) is 0 Å². The first-order valence-corrected chi connectivity index (χ1v) is 4.79. The summed E-state index contributed by atoms with van der Waals surface area (Å²) in [6, 6.07) is 3.49. The SMILES string of the molecule is C/C=C(\I)C[n+]1cccc(O)c1. The first kappa shape index (κ1) is 9.51. The fraction of sp³-hybridized carbons (Fsp3) is 0.222. The van der Waals surface area contributed by atoms with Crippen LogP contribution in [0.2, 0.25) is 0 Å². The number of hydrogen-bond acceptors (Lipinski definition) is 1. The van der Waals surface area contributed by atoms with E-state index in [4.69, 9.17) is 5.11 Å². The third-order valence-electron chi connectivity index (χ3n) is 1.49. The normalized spacial score (nSPS) is 11.7. The number of allylic oxidation sites excluding steroid dienone is 2. The van der Waals surface area contributed by atoms with E-state index in [0.29, 0.717) is 5.75 Å². The highest BCUT2D eigenvalue weighted by Crippen LogP contribution is 2.06. The van der Waals surface area contributed by atoms with Crippen molar-refractivity contribution in [1.82, 2.24) is 0 Å². The second-order valence-corrected chi connectivity index (χ2v) is 3.86. The summed E-state index contributed by atoms with van der Waals surface area (Å²) in [6.45, 7) is 2.83. The Morgan fingerprint density at radius 1 is 1.75 bits per heavy atom. The van der Waals surface area contributed by atoms with E-state index in [1.165, 1.54) is 3.58 Å². The molecule has 1 rings (SSSR count). The number of aromatic hydroxyl groups is 1. The molecule has 0 aromatic carbocycles. The summed E-state index contributed by atoms with van der Waals surface area (Å²) in [5.41, 5.74) is 0. The first-order chi connectivity index (χ1) is 5.72. The third kappa shape index (κ3) is 2.81. The minimum absolute atomic E-state index is 0.304. The summed E-state index contributed by atoms with van der Waals surface area (Å²) in [4.78, 5) is 0. The minimum atomic E-state index is 0.304. The lowest BCUT2D eigenvalue weighted by Crippen LogP contribution is -2.32. The van der Waals surface area contributed by atoms with Crippen LogP contribution >= 0.6 is 22.6 Å². The molecule has 0 aliphatic carbocycles. The van der Waals surface area contributed by atoms with Crippen molar-refractivity contribution in [2.24, 2.45) is 0 Å². The fourth-order valence-electron chi connectivity index (χ4n) is 0.872. The Bertz CT molecular complexity index is 296. The van der Waals surface area contributed by atoms with Crippen LogP contribution in [0.25, 0.3) is 0 Å². The van der Waals surface area contributed by atoms with Crippen LogP contribution in [0.3, 0.4) is 0 Å². The lowest BCUT2D eigenvalue weighted by Gasteiger charge is -1.94. The number of rotatable bonds is 2. The number of aromatic nitrogens is 1. The van der Waals surface area contributed by atoms with Gasteiger partial charge in [0.05, 0.1) is 3.58 Å². The molecule has 0 amide bonds. The topological polar surface area (TPSA) is 24.1 Å². The van der Waals surface area contributed by atoms with E-state index in [2.05, 4.69) is 28.7 Å². The van der Waals surface area contributed by atoms with Gasteiger partial charge >= 0.3 is 0 Å². The molecule has 0 atom stereocenters. The van der Waals surface area contributed by atoms with Gasteiger partial charge in [0.25, 0.3) is 0 Å². The van der Waals surface area contributed by atoms with Crippen LogP contribution in [0.15, 0.2) is 34.2 Å². The molecular formula is C9H11INO+. The Labute approximate surface area is 85.7 Å². The average molecular weight is 276 g/mol. The zero-order valence-electron chi connectivity index (χ0n) is 6.87. The van der Waals surface area contributed by atoms with Crippen LogP contribution < -0.4 is 4.57 Å². The van der Waals surface area contributed by atoms with Crippen molar-refractivity contribution in [3.05, 3.63) is 34.2 Å². The van der Waals surface area contributed by atoms with Crippen LogP contribution in [0, 0.1) is 0 Å². The van der Waals surface area contributed by atoms with Crippen LogP contribution in [-0.4, -0.2) is 5.11 Å². The lowest BCUT2D eigenvalue weighted by atomic mass is 10.4. The van der Waals surface area contributed by atoms with Crippen LogP contribution in [0.5, 0.6) is 5.75 Å². The van der Waals surface area contributed by atoms with Gasteiger partial charge in [0, 0.05) is 6.07 Å². The number of hydrogen-bond donors (Lipinski definition) is 1. The zero-order chi connectivity index (χ0) is 8.97. The summed E-state index contributed by atoms with van der Waals surface area (Å²) in [5.74, 6) is 0.304. The smallest absolute Gasteiger partial charge is 0.211 e. The molecule has 0 aliphatic rings. The quantitative estimate of drug-likeness (QED) is 0.648. The van der Waals surface area contributed by atoms with Gasteiger partial charge in [0.15, 0.2) is 18.5 Å². The van der Waals surface area contributed by atoms with Crippen molar-refractivity contribution in [3.63, 3.8) is 0 Å². The Balaban J connectivity index is 2.76. The monoisotopic (exact) mass is 276 g/mol. The van der Waals surface area contributed by atoms with Crippen molar-refractivity contribution in [2.75, 3.05) is 0 Å². The van der Waals surface area contributed by atoms with E-state index in [9.17, 15) is 0 Å². The molecule has 0 saturated carbocycles. The Morgan fingerprint density at radius 3 is 3.08 bits per heavy atom. The maximum atomic E-state index is 9.16. The standard InChI is InChI=1S/C9H10INO/c1-2-8(10)6-11-5-3-4-9(12)7-11/h2-5,7H,6H2,1H3/p+1/b8-2-. The van der Waals surface area contributed by atoms with Gasteiger partial charge in [-0.1, -0.05) is 6.08 Å². The highest BCUT2D eigenvalue weighted by molar-refractivity contribution is 14.1. The van der Waals surface area contributed by atoms with Gasteiger partial charge < -0.3 is 5.11 Å². The van der Waals surface area contributed by atoms with Gasteiger partial charge in [0.1, 0.15) is 0 Å². The van der Waals surface area contributed by atoms with Gasteiger partial charge in [-0.25, -0.2) is 0 Å². The maximum Gasteiger partial charge on any atom is 0.211 e. The first-order valence-electron chi connectivity index (χ1n) is 3.71. The molecule has 0 unspecified atom stereocenters. The largest absolute Gasteiger partial charge is 0.503 e. The molecule has 0 radical (unpaired) electrons. The Kier molecular flexibility index (Phi) is 3.52. The van der Waals surface area contributed by atoms with E-state index in [1.807, 2.05) is 23.8 Å². The van der Waals surface area contributed by atoms with Crippen molar-refractivity contribution in [2.45, 2.75) is 13.5 Å². The highest BCUT2D eigenvalue weighted by Gasteiger charge is 2.01. The molecule has 0 aliphatic heterocycles. The molecule has 0 bridgehead atoms. The van der Waals surface area contributed by atoms with E-state index < -0.39 is 0 Å². The Hall–Kier alpha value is -0.580. The predicted octanol–water partition coefficient (Wildman–Crippen LogP) is 2.02. The minimum Gasteiger partial charge on any atom is -0.503 e. The lowest BCUT2D eigenvalue weighted by molar-refractivity contribution is -0.687. The molecule has 2 nitrogen and oxygen atoms in total. The van der Waals surface area contributed by atoms with E-state index in [-0.39, 0.29) is 0 Å². The van der Waals surface area contributed by atoms with E-state index in [1.54, 1.807) is 12.3 Å². The van der Waals surface area contributed by atoms with E-state index in [0.717, 1.165) is 6.54 Å². The summed E-state index contributed by atoms with van der Waals surface area (Å²) in [5, 5.41) is 9.16. The molecule has 1 aromatic rings. The van der Waals surface area contributed by atoms with Gasteiger partial charge in [-0.3, -0.25) is 0 Å². The number of nitrogens with zero attached hydrogens (tertiary/aromatic N) is 1. The van der Waals surface area contributed by atoms with Gasteiger partial charge in [0.2, 0.25) is 6.20 Å². The van der Waals surface area contributed by atoms with Gasteiger partial charge in [-0.2, -0.15) is 4.57 Å². The molecular weight excluding hydrogens is 265 g/mol. The Morgan fingerprint density at radius 2 is 2.50 bits per heavy atom. The molecule has 0 spiro atoms. The summed E-state index contributed by atoms with van der Waals surface area (Å²) >= 11 is 2.28. The fourth-order valence-corrected chi connectivity index (χ4v) is 1.27. The molecule has 3 heteroatoms. The van der Waals surface area contributed by atoms with Gasteiger partial charge in [-0.05, 0) is 35.6 Å². The molecule has 64 valence electrons. The maximum absolute atomic E-state index is 9.16. The molecule has 1 heterocycles.